The minimum absolute atomic E-state index is 0.00329. The maximum atomic E-state index is 12.1. The third kappa shape index (κ3) is 4.52. The van der Waals surface area contributed by atoms with Crippen LogP contribution >= 0.6 is 11.6 Å². The lowest BCUT2D eigenvalue weighted by Gasteiger charge is -2.27. The van der Waals surface area contributed by atoms with Crippen LogP contribution in [0.25, 0.3) is 11.2 Å². The number of fused-ring (bicyclic) bond motifs is 1. The summed E-state index contributed by atoms with van der Waals surface area (Å²) in [6.07, 6.45) is 4.08. The Morgan fingerprint density at radius 2 is 1.89 bits per heavy atom. The molecular formula is C18H24ClN5O4. The Bertz CT molecular complexity index is 884. The minimum Gasteiger partial charge on any atom is -0.469 e. The molecule has 152 valence electrons. The molecule has 3 rings (SSSR count). The molecule has 1 aliphatic carbocycles. The number of ether oxygens (including phenoxy) is 2. The Morgan fingerprint density at radius 3 is 2.50 bits per heavy atom. The zero-order chi connectivity index (χ0) is 20.5. The van der Waals surface area contributed by atoms with Crippen molar-refractivity contribution >= 4 is 40.6 Å². The summed E-state index contributed by atoms with van der Waals surface area (Å²) in [7, 11) is 1.41. The van der Waals surface area contributed by atoms with Gasteiger partial charge >= 0.3 is 12.1 Å². The first-order chi connectivity index (χ1) is 13.2. The number of hydrogen-bond donors (Lipinski definition) is 1. The van der Waals surface area contributed by atoms with Crippen molar-refractivity contribution in [1.82, 2.24) is 19.5 Å². The van der Waals surface area contributed by atoms with E-state index in [1.807, 2.05) is 4.57 Å². The van der Waals surface area contributed by atoms with Gasteiger partial charge in [0.2, 0.25) is 5.28 Å². The lowest BCUT2D eigenvalue weighted by atomic mass is 9.86. The highest BCUT2D eigenvalue weighted by atomic mass is 35.5. The van der Waals surface area contributed by atoms with Crippen LogP contribution in [0.15, 0.2) is 6.33 Å². The van der Waals surface area contributed by atoms with Gasteiger partial charge in [0.15, 0.2) is 17.0 Å². The van der Waals surface area contributed by atoms with Crippen molar-refractivity contribution in [3.05, 3.63) is 11.6 Å². The van der Waals surface area contributed by atoms with E-state index in [0.717, 1.165) is 25.7 Å². The van der Waals surface area contributed by atoms with Crippen molar-refractivity contribution in [2.24, 2.45) is 5.92 Å². The van der Waals surface area contributed by atoms with Gasteiger partial charge in [0.05, 0.1) is 19.4 Å². The van der Waals surface area contributed by atoms with E-state index in [-0.39, 0.29) is 29.0 Å². The predicted octanol–water partition coefficient (Wildman–Crippen LogP) is 3.73. The number of carbonyl (C=O) groups is 2. The molecule has 2 aromatic heterocycles. The third-order valence-electron chi connectivity index (χ3n) is 4.64. The number of methoxy groups -OCH3 is 1. The van der Waals surface area contributed by atoms with Gasteiger partial charge in [-0.25, -0.2) is 9.78 Å². The molecule has 0 aromatic carbocycles. The van der Waals surface area contributed by atoms with Crippen LogP contribution in [0.5, 0.6) is 0 Å². The first-order valence-electron chi connectivity index (χ1n) is 9.16. The number of nitrogens with zero attached hydrogens (tertiary/aromatic N) is 4. The van der Waals surface area contributed by atoms with Crippen LogP contribution in [-0.2, 0) is 14.3 Å². The molecule has 0 unspecified atom stereocenters. The SMILES string of the molecule is COC(=O)C1CCC(n2cnc3c(NC(=O)OC(C)(C)C)nc(Cl)nc32)CC1. The zero-order valence-corrected chi connectivity index (χ0v) is 17.1. The molecule has 0 saturated heterocycles. The van der Waals surface area contributed by atoms with E-state index in [0.29, 0.717) is 11.2 Å². The topological polar surface area (TPSA) is 108 Å². The maximum absolute atomic E-state index is 12.1. The molecule has 28 heavy (non-hydrogen) atoms. The van der Waals surface area contributed by atoms with Crippen molar-refractivity contribution in [2.45, 2.75) is 58.1 Å². The predicted molar refractivity (Wildman–Crippen MR) is 103 cm³/mol. The summed E-state index contributed by atoms with van der Waals surface area (Å²) in [6.45, 7) is 5.32. The lowest BCUT2D eigenvalue weighted by Crippen LogP contribution is -2.27. The minimum atomic E-state index is -0.642. The monoisotopic (exact) mass is 409 g/mol. The molecule has 0 bridgehead atoms. The van der Waals surface area contributed by atoms with Crippen molar-refractivity contribution < 1.29 is 19.1 Å². The van der Waals surface area contributed by atoms with Gasteiger partial charge in [-0.1, -0.05) is 0 Å². The van der Waals surface area contributed by atoms with E-state index in [1.165, 1.54) is 7.11 Å². The van der Waals surface area contributed by atoms with Crippen molar-refractivity contribution in [1.29, 1.82) is 0 Å². The van der Waals surface area contributed by atoms with E-state index < -0.39 is 11.7 Å². The van der Waals surface area contributed by atoms with Gasteiger partial charge in [0.1, 0.15) is 5.60 Å². The van der Waals surface area contributed by atoms with E-state index in [1.54, 1.807) is 27.1 Å². The van der Waals surface area contributed by atoms with Gasteiger partial charge in [-0.2, -0.15) is 9.97 Å². The largest absolute Gasteiger partial charge is 0.469 e. The molecule has 0 aliphatic heterocycles. The van der Waals surface area contributed by atoms with Gasteiger partial charge in [-0.05, 0) is 58.1 Å². The molecule has 10 heteroatoms. The molecular weight excluding hydrogens is 386 g/mol. The number of rotatable bonds is 3. The second kappa shape index (κ2) is 7.90. The van der Waals surface area contributed by atoms with Crippen LogP contribution in [0.4, 0.5) is 10.6 Å². The highest BCUT2D eigenvalue weighted by Crippen LogP contribution is 2.35. The second-order valence-electron chi connectivity index (χ2n) is 7.82. The number of nitrogens with one attached hydrogen (secondary N) is 1. The zero-order valence-electron chi connectivity index (χ0n) is 16.4. The molecule has 0 atom stereocenters. The van der Waals surface area contributed by atoms with Crippen molar-refractivity contribution in [2.75, 3.05) is 12.4 Å². The summed E-state index contributed by atoms with van der Waals surface area (Å²) in [5.74, 6) is -0.0342. The number of anilines is 1. The summed E-state index contributed by atoms with van der Waals surface area (Å²) in [6, 6.07) is 0.131. The normalized spacial score (nSPS) is 20.0. The first kappa shape index (κ1) is 20.3. The summed E-state index contributed by atoms with van der Waals surface area (Å²) < 4.78 is 12.0. The van der Waals surface area contributed by atoms with Crippen LogP contribution in [0.1, 0.15) is 52.5 Å². The number of aromatic nitrogens is 4. The third-order valence-corrected chi connectivity index (χ3v) is 4.81. The number of esters is 1. The number of imidazole rings is 1. The summed E-state index contributed by atoms with van der Waals surface area (Å²) in [5.41, 5.74) is 0.329. The average Bonchev–Trinajstić information content (AvgIpc) is 3.03. The Labute approximate surface area is 167 Å². The second-order valence-corrected chi connectivity index (χ2v) is 8.16. The van der Waals surface area contributed by atoms with Crippen LogP contribution in [-0.4, -0.2) is 44.3 Å². The number of amides is 1. The highest BCUT2D eigenvalue weighted by Gasteiger charge is 2.29. The first-order valence-corrected chi connectivity index (χ1v) is 9.53. The lowest BCUT2D eigenvalue weighted by molar-refractivity contribution is -0.146. The summed E-state index contributed by atoms with van der Waals surface area (Å²) in [5, 5.41) is 2.60. The van der Waals surface area contributed by atoms with E-state index in [2.05, 4.69) is 20.3 Å². The van der Waals surface area contributed by atoms with Crippen molar-refractivity contribution in [3.63, 3.8) is 0 Å². The summed E-state index contributed by atoms with van der Waals surface area (Å²) in [4.78, 5) is 36.6. The fraction of sp³-hybridized carbons (Fsp3) is 0.611. The molecule has 1 fully saturated rings. The van der Waals surface area contributed by atoms with Crippen LogP contribution in [0.2, 0.25) is 5.28 Å². The molecule has 2 aromatic rings. The maximum Gasteiger partial charge on any atom is 0.413 e. The molecule has 1 amide bonds. The molecule has 1 N–H and O–H groups in total. The molecule has 0 spiro atoms. The van der Waals surface area contributed by atoms with Gasteiger partial charge < -0.3 is 14.0 Å². The molecule has 0 radical (unpaired) electrons. The van der Waals surface area contributed by atoms with Crippen LogP contribution in [0, 0.1) is 5.92 Å². The number of halogens is 1. The fourth-order valence-electron chi connectivity index (χ4n) is 3.40. The molecule has 9 nitrogen and oxygen atoms in total. The molecule has 1 aliphatic rings. The quantitative estimate of drug-likeness (QED) is 0.607. The summed E-state index contributed by atoms with van der Waals surface area (Å²) >= 11 is 6.08. The molecule has 1 saturated carbocycles. The van der Waals surface area contributed by atoms with Crippen molar-refractivity contribution in [3.8, 4) is 0 Å². The Morgan fingerprint density at radius 1 is 1.21 bits per heavy atom. The highest BCUT2D eigenvalue weighted by molar-refractivity contribution is 6.28. The Hall–Kier alpha value is -2.42. The van der Waals surface area contributed by atoms with E-state index in [9.17, 15) is 9.59 Å². The fourth-order valence-corrected chi connectivity index (χ4v) is 3.57. The van der Waals surface area contributed by atoms with Gasteiger partial charge in [-0.15, -0.1) is 0 Å². The Kier molecular flexibility index (Phi) is 5.74. The van der Waals surface area contributed by atoms with E-state index in [4.69, 9.17) is 21.1 Å². The number of carbonyl (C=O) groups excluding carboxylic acids is 2. The number of hydrogen-bond acceptors (Lipinski definition) is 7. The standard InChI is InChI=1S/C18H24ClN5O4/c1-18(2,3)28-17(26)22-13-12-14(23-16(19)21-13)24(9-20-12)11-7-5-10(6-8-11)15(25)27-4/h9-11H,5-8H2,1-4H3,(H,21,22,23,26). The van der Waals surface area contributed by atoms with Crippen LogP contribution < -0.4 is 5.32 Å². The van der Waals surface area contributed by atoms with Gasteiger partial charge in [0, 0.05) is 6.04 Å². The average molecular weight is 410 g/mol. The smallest absolute Gasteiger partial charge is 0.413 e. The van der Waals surface area contributed by atoms with Gasteiger partial charge in [-0.3, -0.25) is 10.1 Å². The van der Waals surface area contributed by atoms with Crippen LogP contribution in [0.3, 0.4) is 0 Å². The van der Waals surface area contributed by atoms with Gasteiger partial charge in [0.25, 0.3) is 0 Å². The van der Waals surface area contributed by atoms with E-state index >= 15 is 0 Å². The molecule has 2 heterocycles. The Balaban J connectivity index is 1.82.